The van der Waals surface area contributed by atoms with Gasteiger partial charge in [0.25, 0.3) is 0 Å². The number of hydrogen-bond donors (Lipinski definition) is 0. The van der Waals surface area contributed by atoms with E-state index in [4.69, 9.17) is 0 Å². The summed E-state index contributed by atoms with van der Waals surface area (Å²) >= 11 is -11.2. The van der Waals surface area contributed by atoms with Crippen LogP contribution in [0.5, 0.6) is 0 Å². The van der Waals surface area contributed by atoms with Gasteiger partial charge in [0, 0.05) is 5.56 Å². The number of halogens is 6. The summed E-state index contributed by atoms with van der Waals surface area (Å²) in [5, 5.41) is 0. The first kappa shape index (κ1) is 18.7. The van der Waals surface area contributed by atoms with Gasteiger partial charge >= 0.3 is 36.4 Å². The van der Waals surface area contributed by atoms with Gasteiger partial charge in [-0.3, -0.25) is 0 Å². The number of benzene rings is 1. The van der Waals surface area contributed by atoms with Crippen molar-refractivity contribution >= 4 is 19.5 Å². The van der Waals surface area contributed by atoms with Crippen LogP contribution in [0.15, 0.2) is 42.7 Å². The molecule has 0 saturated carbocycles. The van der Waals surface area contributed by atoms with Crippen LogP contribution >= 0.6 is 0 Å². The van der Waals surface area contributed by atoms with E-state index in [1.807, 2.05) is 19.9 Å². The van der Waals surface area contributed by atoms with Crippen molar-refractivity contribution in [3.05, 3.63) is 59.7 Å². The molecule has 9 heteroatoms. The molecule has 0 saturated heterocycles. The molecular formula is C13H15F6N2Sb. The van der Waals surface area contributed by atoms with E-state index in [0.717, 1.165) is 17.9 Å². The minimum absolute atomic E-state index is 0.908. The number of aryl methyl sites for hydroxylation is 2. The summed E-state index contributed by atoms with van der Waals surface area (Å²) in [6.45, 7) is 4.95. The topological polar surface area (TPSA) is 16.8 Å². The molecule has 2 rings (SSSR count). The van der Waals surface area contributed by atoms with Gasteiger partial charge in [0.1, 0.15) is 11.4 Å². The van der Waals surface area contributed by atoms with Gasteiger partial charge in [-0.25, -0.2) is 4.98 Å². The molecule has 0 aliphatic rings. The van der Waals surface area contributed by atoms with Crippen LogP contribution < -0.4 is 4.57 Å². The predicted octanol–water partition coefficient (Wildman–Crippen LogP) is 4.17. The molecule has 124 valence electrons. The van der Waals surface area contributed by atoms with Crippen molar-refractivity contribution in [2.24, 2.45) is 0 Å². The number of aromatic nitrogens is 2. The van der Waals surface area contributed by atoms with E-state index >= 15 is 0 Å². The summed E-state index contributed by atoms with van der Waals surface area (Å²) < 4.78 is 61.7. The SMILES string of the molecule is Cc1c[n+](Cc2ccccc2)cc(C)n1.[F][Sb-]([F])([F])([F])([F])[F]. The first-order valence-corrected chi connectivity index (χ1v) is 11.9. The van der Waals surface area contributed by atoms with Crippen LogP contribution in [-0.2, 0) is 6.54 Å². The van der Waals surface area contributed by atoms with E-state index in [1.54, 1.807) is 0 Å². The monoisotopic (exact) mass is 434 g/mol. The quantitative estimate of drug-likeness (QED) is 0.393. The summed E-state index contributed by atoms with van der Waals surface area (Å²) in [7, 11) is 0. The molecule has 0 aliphatic carbocycles. The fraction of sp³-hybridized carbons (Fsp3) is 0.231. The summed E-state index contributed by atoms with van der Waals surface area (Å²) in [4.78, 5) is 4.36. The number of rotatable bonds is 2. The van der Waals surface area contributed by atoms with Crippen molar-refractivity contribution in [1.82, 2.24) is 4.98 Å². The third kappa shape index (κ3) is 11.4. The summed E-state index contributed by atoms with van der Waals surface area (Å²) in [5.74, 6) is 0. The molecule has 0 unspecified atom stereocenters. The summed E-state index contributed by atoms with van der Waals surface area (Å²) in [6, 6.07) is 10.4. The first-order chi connectivity index (χ1) is 9.69. The van der Waals surface area contributed by atoms with Gasteiger partial charge in [-0.05, 0) is 13.8 Å². The average molecular weight is 435 g/mol. The zero-order valence-corrected chi connectivity index (χ0v) is 14.4. The van der Waals surface area contributed by atoms with Crippen LogP contribution in [0.25, 0.3) is 0 Å². The number of hydrogen-bond acceptors (Lipinski definition) is 1. The molecule has 1 aromatic heterocycles. The molecule has 0 aliphatic heterocycles. The Kier molecular flexibility index (Phi) is 4.87. The molecule has 1 heterocycles. The van der Waals surface area contributed by atoms with Crippen LogP contribution in [0.3, 0.4) is 0 Å². The molecule has 2 nitrogen and oxygen atoms in total. The Bertz CT molecular complexity index is 609. The standard InChI is InChI=1S/C13H15N2.6FH.Sb/c1-11-8-15(9-12(2)14-11)10-13-6-4-3-5-7-13;;;;;;;/h3-9H,10H2,1-2H3;6*1H;/q+1;;;;;;;+5/p-6. The van der Waals surface area contributed by atoms with Crippen LogP contribution in [0.4, 0.5) is 16.9 Å². The fourth-order valence-corrected chi connectivity index (χ4v) is 1.74. The first-order valence-electron chi connectivity index (χ1n) is 6.14. The number of nitrogens with zero attached hydrogens (tertiary/aromatic N) is 2. The van der Waals surface area contributed by atoms with E-state index in [0.29, 0.717) is 0 Å². The molecule has 22 heavy (non-hydrogen) atoms. The van der Waals surface area contributed by atoms with Crippen LogP contribution in [-0.4, -0.2) is 24.5 Å². The van der Waals surface area contributed by atoms with Crippen LogP contribution in [0.1, 0.15) is 17.0 Å². The van der Waals surface area contributed by atoms with Gasteiger partial charge in [-0.15, -0.1) is 0 Å². The summed E-state index contributed by atoms with van der Waals surface area (Å²) in [5.41, 5.74) is 3.43. The van der Waals surface area contributed by atoms with Gasteiger partial charge in [0.2, 0.25) is 0 Å². The second kappa shape index (κ2) is 5.72. The normalized spacial score (nSPS) is 14.4. The Morgan fingerprint density at radius 2 is 1.27 bits per heavy atom. The molecule has 0 fully saturated rings. The van der Waals surface area contributed by atoms with Crippen molar-refractivity contribution in [2.75, 3.05) is 0 Å². The van der Waals surface area contributed by atoms with Gasteiger partial charge in [-0.1, -0.05) is 30.3 Å². The van der Waals surface area contributed by atoms with Crippen LogP contribution in [0, 0.1) is 13.8 Å². The second-order valence-electron chi connectivity index (χ2n) is 4.77. The third-order valence-electron chi connectivity index (χ3n) is 2.27. The van der Waals surface area contributed by atoms with E-state index in [-0.39, 0.29) is 0 Å². The van der Waals surface area contributed by atoms with Crippen molar-refractivity contribution in [3.63, 3.8) is 0 Å². The Hall–Kier alpha value is -1.30. The Balaban J connectivity index is 0.000000295. The molecule has 0 radical (unpaired) electrons. The van der Waals surface area contributed by atoms with Crippen molar-refractivity contribution in [1.29, 1.82) is 0 Å². The maximum absolute atomic E-state index is 11.2. The third-order valence-corrected chi connectivity index (χ3v) is 2.27. The Labute approximate surface area is 126 Å². The van der Waals surface area contributed by atoms with E-state index < -0.39 is 19.5 Å². The predicted molar refractivity (Wildman–Crippen MR) is 71.9 cm³/mol. The molecule has 1 aromatic carbocycles. The molecule has 0 atom stereocenters. The second-order valence-corrected chi connectivity index (χ2v) is 10.2. The summed E-state index contributed by atoms with van der Waals surface area (Å²) in [6.07, 6.45) is 4.14. The zero-order chi connectivity index (χ0) is 17.1. The van der Waals surface area contributed by atoms with Gasteiger partial charge in [0.15, 0.2) is 18.9 Å². The molecule has 0 N–H and O–H groups in total. The molecule has 0 amide bonds. The van der Waals surface area contributed by atoms with Gasteiger partial charge < -0.3 is 0 Å². The van der Waals surface area contributed by atoms with Gasteiger partial charge in [0.05, 0.1) is 0 Å². The molecule has 2 aromatic rings. The van der Waals surface area contributed by atoms with Crippen molar-refractivity contribution < 1.29 is 21.4 Å². The molecule has 0 spiro atoms. The van der Waals surface area contributed by atoms with Crippen LogP contribution in [0.2, 0.25) is 0 Å². The Morgan fingerprint density at radius 3 is 1.68 bits per heavy atom. The molecule has 0 bridgehead atoms. The average Bonchev–Trinajstić information content (AvgIpc) is 2.24. The molecular weight excluding hydrogens is 420 g/mol. The van der Waals surface area contributed by atoms with Gasteiger partial charge in [-0.2, -0.15) is 4.57 Å². The fourth-order valence-electron chi connectivity index (χ4n) is 1.74. The van der Waals surface area contributed by atoms with Crippen molar-refractivity contribution in [2.45, 2.75) is 20.4 Å². The van der Waals surface area contributed by atoms with Crippen molar-refractivity contribution in [3.8, 4) is 0 Å². The van der Waals surface area contributed by atoms with E-state index in [1.165, 1.54) is 5.56 Å². The Morgan fingerprint density at radius 1 is 0.864 bits per heavy atom. The minimum atomic E-state index is -11.2. The maximum atomic E-state index is 9.93. The van der Waals surface area contributed by atoms with E-state index in [9.17, 15) is 16.9 Å². The zero-order valence-electron chi connectivity index (χ0n) is 11.9. The van der Waals surface area contributed by atoms with E-state index in [2.05, 4.69) is 46.2 Å².